The van der Waals surface area contributed by atoms with Crippen molar-refractivity contribution in [2.24, 2.45) is 0 Å². The molecule has 148 valence electrons. The SMILES string of the molecule is C=C1SC(c2ccc(OC)cc2)=C(c2ccc(OC)cc2)N1CCCCCC. The maximum absolute atomic E-state index is 5.34. The van der Waals surface area contributed by atoms with Gasteiger partial charge in [0.05, 0.1) is 24.9 Å². The summed E-state index contributed by atoms with van der Waals surface area (Å²) >= 11 is 1.76. The van der Waals surface area contributed by atoms with Crippen molar-refractivity contribution >= 4 is 22.4 Å². The van der Waals surface area contributed by atoms with Crippen LogP contribution in [0.15, 0.2) is 60.1 Å². The van der Waals surface area contributed by atoms with Crippen molar-refractivity contribution in [1.82, 2.24) is 4.90 Å². The first kappa shape index (κ1) is 20.4. The van der Waals surface area contributed by atoms with Gasteiger partial charge in [-0.1, -0.05) is 56.7 Å². The van der Waals surface area contributed by atoms with Crippen LogP contribution in [0.5, 0.6) is 11.5 Å². The van der Waals surface area contributed by atoms with E-state index in [9.17, 15) is 0 Å². The van der Waals surface area contributed by atoms with Gasteiger partial charge in [0.2, 0.25) is 0 Å². The third kappa shape index (κ3) is 4.56. The molecular weight excluding hydrogens is 366 g/mol. The summed E-state index contributed by atoms with van der Waals surface area (Å²) in [5.74, 6) is 1.74. The molecule has 0 fully saturated rings. The summed E-state index contributed by atoms with van der Waals surface area (Å²) in [6.45, 7) is 7.59. The zero-order valence-electron chi connectivity index (χ0n) is 17.0. The van der Waals surface area contributed by atoms with Crippen molar-refractivity contribution in [3.05, 3.63) is 71.3 Å². The van der Waals surface area contributed by atoms with E-state index >= 15 is 0 Å². The van der Waals surface area contributed by atoms with Crippen LogP contribution in [-0.2, 0) is 0 Å². The van der Waals surface area contributed by atoms with E-state index in [1.807, 2.05) is 24.3 Å². The Hall–Kier alpha value is -2.33. The number of hydrogen-bond acceptors (Lipinski definition) is 4. The van der Waals surface area contributed by atoms with Crippen LogP contribution in [0.3, 0.4) is 0 Å². The van der Waals surface area contributed by atoms with Gasteiger partial charge >= 0.3 is 0 Å². The van der Waals surface area contributed by atoms with Crippen LogP contribution in [0.4, 0.5) is 0 Å². The van der Waals surface area contributed by atoms with Crippen molar-refractivity contribution in [2.75, 3.05) is 20.8 Å². The molecule has 0 unspecified atom stereocenters. The van der Waals surface area contributed by atoms with Gasteiger partial charge in [0.1, 0.15) is 11.5 Å². The predicted molar refractivity (Wildman–Crippen MR) is 120 cm³/mol. The molecule has 0 spiro atoms. The standard InChI is InChI=1S/C24H29NO2S/c1-5-6-7-8-17-25-18(2)28-24(20-11-15-22(27-4)16-12-20)23(25)19-9-13-21(26-3)14-10-19/h9-16H,2,5-8,17H2,1,3-4H3. The number of benzene rings is 2. The number of unbranched alkanes of at least 4 members (excludes halogenated alkanes) is 3. The van der Waals surface area contributed by atoms with Crippen LogP contribution in [0, 0.1) is 0 Å². The predicted octanol–water partition coefficient (Wildman–Crippen LogP) is 6.63. The molecule has 0 saturated carbocycles. The van der Waals surface area contributed by atoms with Gasteiger partial charge in [0.25, 0.3) is 0 Å². The largest absolute Gasteiger partial charge is 0.497 e. The van der Waals surface area contributed by atoms with Crippen molar-refractivity contribution in [1.29, 1.82) is 0 Å². The molecular formula is C24H29NO2S. The molecule has 0 aliphatic carbocycles. The van der Waals surface area contributed by atoms with Gasteiger partial charge in [0, 0.05) is 11.4 Å². The Bertz CT molecular complexity index is 825. The topological polar surface area (TPSA) is 21.7 Å². The van der Waals surface area contributed by atoms with Crippen LogP contribution in [-0.4, -0.2) is 25.7 Å². The second-order valence-corrected chi connectivity index (χ2v) is 7.93. The van der Waals surface area contributed by atoms with E-state index < -0.39 is 0 Å². The molecule has 1 aliphatic heterocycles. The van der Waals surface area contributed by atoms with Gasteiger partial charge in [-0.3, -0.25) is 0 Å². The van der Waals surface area contributed by atoms with Gasteiger partial charge < -0.3 is 14.4 Å². The lowest BCUT2D eigenvalue weighted by atomic mass is 10.1. The molecule has 4 heteroatoms. The zero-order chi connectivity index (χ0) is 19.9. The Morgan fingerprint density at radius 2 is 1.39 bits per heavy atom. The quantitative estimate of drug-likeness (QED) is 0.444. The molecule has 0 aromatic heterocycles. The summed E-state index contributed by atoms with van der Waals surface area (Å²) in [5, 5.41) is 1.09. The number of ether oxygens (including phenoxy) is 2. The Labute approximate surface area is 173 Å². The number of thioether (sulfide) groups is 1. The highest BCUT2D eigenvalue weighted by Crippen LogP contribution is 2.50. The molecule has 2 aromatic carbocycles. The van der Waals surface area contributed by atoms with Crippen molar-refractivity contribution < 1.29 is 9.47 Å². The van der Waals surface area contributed by atoms with Gasteiger partial charge in [0.15, 0.2) is 0 Å². The van der Waals surface area contributed by atoms with Gasteiger partial charge in [-0.15, -0.1) is 0 Å². The summed E-state index contributed by atoms with van der Waals surface area (Å²) in [6.07, 6.45) is 4.94. The summed E-state index contributed by atoms with van der Waals surface area (Å²) in [5.41, 5.74) is 3.61. The third-order valence-electron chi connectivity index (χ3n) is 4.96. The van der Waals surface area contributed by atoms with E-state index in [1.54, 1.807) is 26.0 Å². The van der Waals surface area contributed by atoms with Crippen molar-refractivity contribution in [3.8, 4) is 11.5 Å². The maximum Gasteiger partial charge on any atom is 0.118 e. The minimum Gasteiger partial charge on any atom is -0.497 e. The van der Waals surface area contributed by atoms with Gasteiger partial charge in [-0.05, 0) is 53.9 Å². The fourth-order valence-electron chi connectivity index (χ4n) is 3.38. The van der Waals surface area contributed by atoms with E-state index in [2.05, 4.69) is 42.7 Å². The molecule has 3 rings (SSSR count). The molecule has 0 radical (unpaired) electrons. The van der Waals surface area contributed by atoms with Crippen molar-refractivity contribution in [3.63, 3.8) is 0 Å². The lowest BCUT2D eigenvalue weighted by Gasteiger charge is -2.23. The van der Waals surface area contributed by atoms with E-state index in [0.29, 0.717) is 0 Å². The summed E-state index contributed by atoms with van der Waals surface area (Å²) < 4.78 is 10.7. The number of rotatable bonds is 9. The summed E-state index contributed by atoms with van der Waals surface area (Å²) in [6, 6.07) is 16.6. The monoisotopic (exact) mass is 395 g/mol. The average molecular weight is 396 g/mol. The highest BCUT2D eigenvalue weighted by molar-refractivity contribution is 8.12. The normalized spacial score (nSPS) is 14.0. The van der Waals surface area contributed by atoms with Gasteiger partial charge in [-0.25, -0.2) is 0 Å². The number of methoxy groups -OCH3 is 2. The smallest absolute Gasteiger partial charge is 0.118 e. The maximum atomic E-state index is 5.34. The highest BCUT2D eigenvalue weighted by atomic mass is 32.2. The summed E-state index contributed by atoms with van der Waals surface area (Å²) in [4.78, 5) is 3.62. The van der Waals surface area contributed by atoms with E-state index in [0.717, 1.165) is 23.1 Å². The molecule has 0 saturated heterocycles. The lowest BCUT2D eigenvalue weighted by Crippen LogP contribution is -2.18. The van der Waals surface area contributed by atoms with Crippen LogP contribution >= 0.6 is 11.8 Å². The highest BCUT2D eigenvalue weighted by Gasteiger charge is 2.28. The zero-order valence-corrected chi connectivity index (χ0v) is 17.8. The minimum absolute atomic E-state index is 0.869. The first-order valence-electron chi connectivity index (χ1n) is 9.85. The van der Waals surface area contributed by atoms with Crippen LogP contribution < -0.4 is 9.47 Å². The van der Waals surface area contributed by atoms with Crippen LogP contribution in [0.2, 0.25) is 0 Å². The van der Waals surface area contributed by atoms with Crippen LogP contribution in [0.25, 0.3) is 10.6 Å². The Kier molecular flexibility index (Phi) is 7.10. The number of hydrogen-bond donors (Lipinski definition) is 0. The van der Waals surface area contributed by atoms with E-state index in [4.69, 9.17) is 9.47 Å². The fourth-order valence-corrected chi connectivity index (χ4v) is 4.48. The number of nitrogens with zero attached hydrogens (tertiary/aromatic N) is 1. The van der Waals surface area contributed by atoms with Gasteiger partial charge in [-0.2, -0.15) is 0 Å². The first-order valence-corrected chi connectivity index (χ1v) is 10.7. The second-order valence-electron chi connectivity index (χ2n) is 6.84. The molecule has 2 aromatic rings. The molecule has 28 heavy (non-hydrogen) atoms. The van der Waals surface area contributed by atoms with E-state index in [1.165, 1.54) is 47.4 Å². The fraction of sp³-hybridized carbons (Fsp3) is 0.333. The molecule has 3 nitrogen and oxygen atoms in total. The third-order valence-corrected chi connectivity index (χ3v) is 6.05. The molecule has 0 bridgehead atoms. The Balaban J connectivity index is 1.98. The van der Waals surface area contributed by atoms with Crippen molar-refractivity contribution in [2.45, 2.75) is 32.6 Å². The Morgan fingerprint density at radius 3 is 1.93 bits per heavy atom. The second kappa shape index (κ2) is 9.74. The van der Waals surface area contributed by atoms with E-state index in [-0.39, 0.29) is 0 Å². The molecule has 0 amide bonds. The molecule has 0 atom stereocenters. The molecule has 1 heterocycles. The molecule has 0 N–H and O–H groups in total. The Morgan fingerprint density at radius 1 is 0.821 bits per heavy atom. The first-order chi connectivity index (χ1) is 13.7. The summed E-state index contributed by atoms with van der Waals surface area (Å²) in [7, 11) is 3.39. The molecule has 1 aliphatic rings. The van der Waals surface area contributed by atoms with Crippen LogP contribution in [0.1, 0.15) is 43.7 Å². The average Bonchev–Trinajstić information content (AvgIpc) is 3.07. The lowest BCUT2D eigenvalue weighted by molar-refractivity contribution is 0.414. The minimum atomic E-state index is 0.869.